The van der Waals surface area contributed by atoms with Crippen molar-refractivity contribution in [2.24, 2.45) is 0 Å². The first kappa shape index (κ1) is 19.2. The summed E-state index contributed by atoms with van der Waals surface area (Å²) in [7, 11) is 0. The summed E-state index contributed by atoms with van der Waals surface area (Å²) in [6, 6.07) is 5.44. The van der Waals surface area contributed by atoms with E-state index in [2.05, 4.69) is 14.5 Å². The quantitative estimate of drug-likeness (QED) is 0.711. The van der Waals surface area contributed by atoms with Crippen LogP contribution in [0.3, 0.4) is 0 Å². The highest BCUT2D eigenvalue weighted by Gasteiger charge is 2.23. The van der Waals surface area contributed by atoms with E-state index in [1.165, 1.54) is 0 Å². The summed E-state index contributed by atoms with van der Waals surface area (Å²) in [5.41, 5.74) is 0.647. The third kappa shape index (κ3) is 5.01. The number of piperazine rings is 1. The number of aromatic nitrogens is 2. The zero-order chi connectivity index (χ0) is 19.1. The van der Waals surface area contributed by atoms with Gasteiger partial charge in [-0.2, -0.15) is 0 Å². The molecule has 0 saturated carbocycles. The molecule has 2 aromatic rings. The Kier molecular flexibility index (Phi) is 6.70. The number of carbonyl (C=O) groups excluding carboxylic acids is 1. The Morgan fingerprint density at radius 2 is 1.78 bits per heavy atom. The largest absolute Gasteiger partial charge is 0.490 e. The second-order valence-corrected chi connectivity index (χ2v) is 6.46. The van der Waals surface area contributed by atoms with Crippen LogP contribution in [0.25, 0.3) is 0 Å². The van der Waals surface area contributed by atoms with Gasteiger partial charge in [0.2, 0.25) is 0 Å². The number of benzene rings is 1. The molecule has 7 nitrogen and oxygen atoms in total. The van der Waals surface area contributed by atoms with Gasteiger partial charge in [0.15, 0.2) is 11.5 Å². The maximum absolute atomic E-state index is 12.9. The maximum Gasteiger partial charge on any atom is 0.254 e. The van der Waals surface area contributed by atoms with Crippen LogP contribution in [0.5, 0.6) is 11.5 Å². The van der Waals surface area contributed by atoms with Gasteiger partial charge in [-0.15, -0.1) is 0 Å². The average Bonchev–Trinajstić information content (AvgIpc) is 3.22. The molecule has 0 atom stereocenters. The van der Waals surface area contributed by atoms with Gasteiger partial charge in [-0.05, 0) is 32.0 Å². The number of amides is 1. The third-order valence-electron chi connectivity index (χ3n) is 4.68. The minimum atomic E-state index is 0.0493. The van der Waals surface area contributed by atoms with Crippen LogP contribution in [-0.2, 0) is 6.54 Å². The predicted octanol–water partition coefficient (Wildman–Crippen LogP) is 2.14. The molecule has 2 heterocycles. The van der Waals surface area contributed by atoms with Crippen molar-refractivity contribution in [3.05, 3.63) is 42.5 Å². The van der Waals surface area contributed by atoms with Crippen LogP contribution in [0.15, 0.2) is 36.9 Å². The van der Waals surface area contributed by atoms with Crippen LogP contribution >= 0.6 is 0 Å². The number of hydrogen-bond acceptors (Lipinski definition) is 5. The number of hydrogen-bond donors (Lipinski definition) is 0. The minimum Gasteiger partial charge on any atom is -0.490 e. The minimum absolute atomic E-state index is 0.0493. The van der Waals surface area contributed by atoms with Gasteiger partial charge in [0.25, 0.3) is 5.91 Å². The van der Waals surface area contributed by atoms with Gasteiger partial charge in [0, 0.05) is 57.2 Å². The second kappa shape index (κ2) is 9.41. The molecule has 1 aromatic heterocycles. The molecule has 1 aliphatic heterocycles. The molecule has 0 unspecified atom stereocenters. The molecule has 1 fully saturated rings. The molecule has 0 spiro atoms. The SMILES string of the molecule is CCOc1ccc(C(=O)N2CCN(CCn3ccnc3)CC2)cc1OCC. The van der Waals surface area contributed by atoms with Crippen molar-refractivity contribution in [3.8, 4) is 11.5 Å². The van der Waals surface area contributed by atoms with Gasteiger partial charge in [0.1, 0.15) is 0 Å². The maximum atomic E-state index is 12.9. The summed E-state index contributed by atoms with van der Waals surface area (Å²) < 4.78 is 13.3. The van der Waals surface area contributed by atoms with Crippen molar-refractivity contribution in [2.75, 3.05) is 45.9 Å². The van der Waals surface area contributed by atoms with Crippen LogP contribution in [-0.4, -0.2) is 71.2 Å². The van der Waals surface area contributed by atoms with E-state index in [1.807, 2.05) is 43.4 Å². The van der Waals surface area contributed by atoms with E-state index in [0.29, 0.717) is 30.3 Å². The van der Waals surface area contributed by atoms with Gasteiger partial charge < -0.3 is 18.9 Å². The van der Waals surface area contributed by atoms with Crippen molar-refractivity contribution in [2.45, 2.75) is 20.4 Å². The molecule has 0 aliphatic carbocycles. The summed E-state index contributed by atoms with van der Waals surface area (Å²) in [6.07, 6.45) is 5.60. The lowest BCUT2D eigenvalue weighted by Crippen LogP contribution is -2.49. The molecule has 1 saturated heterocycles. The fourth-order valence-electron chi connectivity index (χ4n) is 3.22. The van der Waals surface area contributed by atoms with Crippen molar-refractivity contribution in [3.63, 3.8) is 0 Å². The van der Waals surface area contributed by atoms with Crippen LogP contribution < -0.4 is 9.47 Å². The molecule has 1 aromatic carbocycles. The lowest BCUT2D eigenvalue weighted by Gasteiger charge is -2.34. The van der Waals surface area contributed by atoms with Crippen molar-refractivity contribution in [1.29, 1.82) is 0 Å². The second-order valence-electron chi connectivity index (χ2n) is 6.46. The summed E-state index contributed by atoms with van der Waals surface area (Å²) in [5, 5.41) is 0. The van der Waals surface area contributed by atoms with Gasteiger partial charge in [-0.3, -0.25) is 9.69 Å². The Morgan fingerprint density at radius 1 is 1.04 bits per heavy atom. The van der Waals surface area contributed by atoms with Gasteiger partial charge >= 0.3 is 0 Å². The Morgan fingerprint density at radius 3 is 2.44 bits per heavy atom. The van der Waals surface area contributed by atoms with Crippen molar-refractivity contribution >= 4 is 5.91 Å². The molecular formula is C20H28N4O3. The number of rotatable bonds is 8. The molecule has 1 amide bonds. The van der Waals surface area contributed by atoms with Gasteiger partial charge in [0.05, 0.1) is 19.5 Å². The average molecular weight is 372 g/mol. The van der Waals surface area contributed by atoms with Crippen LogP contribution in [0.2, 0.25) is 0 Å². The van der Waals surface area contributed by atoms with E-state index in [-0.39, 0.29) is 5.91 Å². The highest BCUT2D eigenvalue weighted by molar-refractivity contribution is 5.95. The number of carbonyl (C=O) groups is 1. The van der Waals surface area contributed by atoms with Gasteiger partial charge in [-0.25, -0.2) is 4.98 Å². The van der Waals surface area contributed by atoms with Crippen LogP contribution in [0, 0.1) is 0 Å². The van der Waals surface area contributed by atoms with E-state index < -0.39 is 0 Å². The fourth-order valence-corrected chi connectivity index (χ4v) is 3.22. The van der Waals surface area contributed by atoms with Crippen LogP contribution in [0.1, 0.15) is 24.2 Å². The van der Waals surface area contributed by atoms with Gasteiger partial charge in [-0.1, -0.05) is 0 Å². The molecule has 0 bridgehead atoms. The Labute approximate surface area is 160 Å². The molecule has 146 valence electrons. The lowest BCUT2D eigenvalue weighted by molar-refractivity contribution is 0.0632. The highest BCUT2D eigenvalue weighted by atomic mass is 16.5. The summed E-state index contributed by atoms with van der Waals surface area (Å²) in [6.45, 7) is 10.1. The lowest BCUT2D eigenvalue weighted by atomic mass is 10.1. The first-order valence-electron chi connectivity index (χ1n) is 9.58. The molecule has 0 radical (unpaired) electrons. The van der Waals surface area contributed by atoms with E-state index in [4.69, 9.17) is 9.47 Å². The Bertz CT molecular complexity index is 725. The first-order chi connectivity index (χ1) is 13.2. The predicted molar refractivity (Wildman–Crippen MR) is 103 cm³/mol. The van der Waals surface area contributed by atoms with E-state index in [1.54, 1.807) is 12.3 Å². The molecular weight excluding hydrogens is 344 g/mol. The normalized spacial score (nSPS) is 15.0. The zero-order valence-corrected chi connectivity index (χ0v) is 16.1. The van der Waals surface area contributed by atoms with Crippen molar-refractivity contribution in [1.82, 2.24) is 19.4 Å². The third-order valence-corrected chi connectivity index (χ3v) is 4.68. The molecule has 27 heavy (non-hydrogen) atoms. The summed E-state index contributed by atoms with van der Waals surface area (Å²) >= 11 is 0. The van der Waals surface area contributed by atoms with E-state index in [0.717, 1.165) is 39.3 Å². The molecule has 0 N–H and O–H groups in total. The summed E-state index contributed by atoms with van der Waals surface area (Å²) in [4.78, 5) is 21.2. The number of ether oxygens (including phenoxy) is 2. The van der Waals surface area contributed by atoms with E-state index >= 15 is 0 Å². The van der Waals surface area contributed by atoms with E-state index in [9.17, 15) is 4.79 Å². The monoisotopic (exact) mass is 372 g/mol. The molecule has 3 rings (SSSR count). The Hall–Kier alpha value is -2.54. The van der Waals surface area contributed by atoms with Crippen LogP contribution in [0.4, 0.5) is 0 Å². The highest BCUT2D eigenvalue weighted by Crippen LogP contribution is 2.29. The smallest absolute Gasteiger partial charge is 0.254 e. The standard InChI is InChI=1S/C20H28N4O3/c1-3-26-18-6-5-17(15-19(18)27-4-2)20(25)24-13-11-22(12-14-24)9-10-23-8-7-21-16-23/h5-8,15-16H,3-4,9-14H2,1-2H3. The molecule has 7 heteroatoms. The zero-order valence-electron chi connectivity index (χ0n) is 16.1. The topological polar surface area (TPSA) is 59.8 Å². The number of nitrogens with zero attached hydrogens (tertiary/aromatic N) is 4. The summed E-state index contributed by atoms with van der Waals surface area (Å²) in [5.74, 6) is 1.36. The molecule has 1 aliphatic rings. The Balaban J connectivity index is 1.56. The number of imidazole rings is 1. The van der Waals surface area contributed by atoms with Crippen molar-refractivity contribution < 1.29 is 14.3 Å². The first-order valence-corrected chi connectivity index (χ1v) is 9.58. The fraction of sp³-hybridized carbons (Fsp3) is 0.500.